The van der Waals surface area contributed by atoms with Crippen LogP contribution in [0.1, 0.15) is 0 Å². The Morgan fingerprint density at radius 2 is 2.08 bits per heavy atom. The second-order valence-corrected chi connectivity index (χ2v) is 4.07. The Bertz CT molecular complexity index is 302. The molecule has 1 aromatic rings. The summed E-state index contributed by atoms with van der Waals surface area (Å²) in [5.41, 5.74) is 5.57. The second-order valence-electron chi connectivity index (χ2n) is 2.54. The zero-order chi connectivity index (χ0) is 9.68. The molecule has 13 heavy (non-hydrogen) atoms. The molecule has 0 radical (unpaired) electrons. The molecule has 68 valence electrons. The third-order valence-corrected chi connectivity index (χ3v) is 2.84. The number of rotatable bonds is 3. The van der Waals surface area contributed by atoms with Gasteiger partial charge in [-0.3, -0.25) is 0 Å². The lowest BCUT2D eigenvalue weighted by Gasteiger charge is -2.03. The van der Waals surface area contributed by atoms with E-state index in [1.54, 1.807) is 11.8 Å². The molecule has 0 spiro atoms. The minimum atomic E-state index is -0.180. The molecule has 1 nitrogen and oxygen atoms in total. The first kappa shape index (κ1) is 10.5. The van der Waals surface area contributed by atoms with Gasteiger partial charge in [-0.2, -0.15) is 0 Å². The fraction of sp³-hybridized carbons (Fsp3) is 0.200. The van der Waals surface area contributed by atoms with E-state index in [0.717, 1.165) is 15.7 Å². The van der Waals surface area contributed by atoms with Gasteiger partial charge in [0.25, 0.3) is 0 Å². The predicted octanol–water partition coefficient (Wildman–Crippen LogP) is 2.39. The number of nitrogens with two attached hydrogens (primary N) is 1. The SMILES string of the molecule is C#CC(N)CSc1ccc(Cl)cc1. The van der Waals surface area contributed by atoms with Gasteiger partial charge >= 0.3 is 0 Å². The normalized spacial score (nSPS) is 12.1. The molecule has 0 bridgehead atoms. The second kappa shape index (κ2) is 5.18. The van der Waals surface area contributed by atoms with Crippen molar-refractivity contribution in [2.45, 2.75) is 10.9 Å². The average molecular weight is 212 g/mol. The van der Waals surface area contributed by atoms with Crippen LogP contribution in [0.3, 0.4) is 0 Å². The molecule has 2 N–H and O–H groups in total. The molecule has 1 rings (SSSR count). The van der Waals surface area contributed by atoms with E-state index in [-0.39, 0.29) is 6.04 Å². The maximum absolute atomic E-state index is 5.74. The van der Waals surface area contributed by atoms with Crippen molar-refractivity contribution in [1.82, 2.24) is 0 Å². The van der Waals surface area contributed by atoms with Crippen LogP contribution in [0.4, 0.5) is 0 Å². The molecule has 0 amide bonds. The van der Waals surface area contributed by atoms with Crippen molar-refractivity contribution in [2.75, 3.05) is 5.75 Å². The molecule has 3 heteroatoms. The van der Waals surface area contributed by atoms with Crippen molar-refractivity contribution in [3.8, 4) is 12.3 Å². The fourth-order valence-corrected chi connectivity index (χ4v) is 1.69. The topological polar surface area (TPSA) is 26.0 Å². The van der Waals surface area contributed by atoms with Crippen LogP contribution in [0.15, 0.2) is 29.2 Å². The van der Waals surface area contributed by atoms with Gasteiger partial charge < -0.3 is 5.73 Å². The number of thioether (sulfide) groups is 1. The zero-order valence-electron chi connectivity index (χ0n) is 7.03. The number of terminal acetylenes is 1. The standard InChI is InChI=1S/C10H10ClNS/c1-2-9(12)7-13-10-5-3-8(11)4-6-10/h1,3-6,9H,7,12H2. The maximum atomic E-state index is 5.74. The van der Waals surface area contributed by atoms with Gasteiger partial charge in [-0.15, -0.1) is 18.2 Å². The lowest BCUT2D eigenvalue weighted by molar-refractivity contribution is 0.975. The first-order chi connectivity index (χ1) is 6.22. The number of hydrogen-bond acceptors (Lipinski definition) is 2. The van der Waals surface area contributed by atoms with E-state index in [2.05, 4.69) is 5.92 Å². The molecule has 0 saturated carbocycles. The van der Waals surface area contributed by atoms with E-state index in [9.17, 15) is 0 Å². The smallest absolute Gasteiger partial charge is 0.0757 e. The van der Waals surface area contributed by atoms with E-state index in [1.807, 2.05) is 24.3 Å². The van der Waals surface area contributed by atoms with Gasteiger partial charge in [0.2, 0.25) is 0 Å². The van der Waals surface area contributed by atoms with Crippen LogP contribution in [0, 0.1) is 12.3 Å². The Hall–Kier alpha value is -0.620. The van der Waals surface area contributed by atoms with Crippen molar-refractivity contribution in [3.63, 3.8) is 0 Å². The van der Waals surface area contributed by atoms with Crippen molar-refractivity contribution in [2.24, 2.45) is 5.73 Å². The highest BCUT2D eigenvalue weighted by atomic mass is 35.5. The lowest BCUT2D eigenvalue weighted by atomic mass is 10.4. The quantitative estimate of drug-likeness (QED) is 0.614. The molecule has 0 fully saturated rings. The molecule has 0 aliphatic heterocycles. The Labute approximate surface area is 87.7 Å². The summed E-state index contributed by atoms with van der Waals surface area (Å²) >= 11 is 7.37. The Morgan fingerprint density at radius 1 is 1.46 bits per heavy atom. The summed E-state index contributed by atoms with van der Waals surface area (Å²) in [6, 6.07) is 7.43. The van der Waals surface area contributed by atoms with Gasteiger partial charge in [-0.1, -0.05) is 17.5 Å². The molecule has 1 unspecified atom stereocenters. The van der Waals surface area contributed by atoms with Crippen molar-refractivity contribution in [1.29, 1.82) is 0 Å². The number of halogens is 1. The number of benzene rings is 1. The Morgan fingerprint density at radius 3 is 2.62 bits per heavy atom. The van der Waals surface area contributed by atoms with Crippen LogP contribution < -0.4 is 5.73 Å². The largest absolute Gasteiger partial charge is 0.317 e. The minimum Gasteiger partial charge on any atom is -0.317 e. The van der Waals surface area contributed by atoms with E-state index in [4.69, 9.17) is 23.8 Å². The van der Waals surface area contributed by atoms with Crippen LogP contribution in [-0.2, 0) is 0 Å². The van der Waals surface area contributed by atoms with Gasteiger partial charge in [-0.25, -0.2) is 0 Å². The zero-order valence-corrected chi connectivity index (χ0v) is 8.61. The molecule has 0 aliphatic rings. The van der Waals surface area contributed by atoms with Crippen molar-refractivity contribution in [3.05, 3.63) is 29.3 Å². The molecular formula is C10H10ClNS. The van der Waals surface area contributed by atoms with Crippen LogP contribution in [0.5, 0.6) is 0 Å². The van der Waals surface area contributed by atoms with E-state index >= 15 is 0 Å². The highest BCUT2D eigenvalue weighted by molar-refractivity contribution is 7.99. The Kier molecular flexibility index (Phi) is 4.17. The van der Waals surface area contributed by atoms with Crippen molar-refractivity contribution < 1.29 is 0 Å². The first-order valence-electron chi connectivity index (χ1n) is 3.82. The average Bonchev–Trinajstić information content (AvgIpc) is 2.16. The van der Waals surface area contributed by atoms with E-state index in [1.165, 1.54) is 0 Å². The summed E-state index contributed by atoms with van der Waals surface area (Å²) in [5, 5.41) is 0.741. The summed E-state index contributed by atoms with van der Waals surface area (Å²) in [6.45, 7) is 0. The molecule has 0 heterocycles. The predicted molar refractivity (Wildman–Crippen MR) is 59.0 cm³/mol. The molecule has 0 saturated heterocycles. The van der Waals surface area contributed by atoms with Gasteiger partial charge in [-0.05, 0) is 24.3 Å². The van der Waals surface area contributed by atoms with Crippen LogP contribution in [0.2, 0.25) is 5.02 Å². The molecular weight excluding hydrogens is 202 g/mol. The number of hydrogen-bond donors (Lipinski definition) is 1. The monoisotopic (exact) mass is 211 g/mol. The highest BCUT2D eigenvalue weighted by Gasteiger charge is 1.98. The van der Waals surface area contributed by atoms with Crippen molar-refractivity contribution >= 4 is 23.4 Å². The third-order valence-electron chi connectivity index (χ3n) is 1.46. The van der Waals surface area contributed by atoms with Gasteiger partial charge in [0.1, 0.15) is 0 Å². The Balaban J connectivity index is 2.47. The van der Waals surface area contributed by atoms with E-state index in [0.29, 0.717) is 0 Å². The summed E-state index contributed by atoms with van der Waals surface area (Å²) < 4.78 is 0. The summed E-state index contributed by atoms with van der Waals surface area (Å²) in [7, 11) is 0. The third kappa shape index (κ3) is 3.73. The van der Waals surface area contributed by atoms with Crippen LogP contribution in [0.25, 0.3) is 0 Å². The molecule has 0 aromatic heterocycles. The minimum absolute atomic E-state index is 0.180. The fourth-order valence-electron chi connectivity index (χ4n) is 0.765. The maximum Gasteiger partial charge on any atom is 0.0757 e. The summed E-state index contributed by atoms with van der Waals surface area (Å²) in [4.78, 5) is 1.13. The van der Waals surface area contributed by atoms with Crippen LogP contribution in [-0.4, -0.2) is 11.8 Å². The van der Waals surface area contributed by atoms with E-state index < -0.39 is 0 Å². The molecule has 1 atom stereocenters. The van der Waals surface area contributed by atoms with Crippen LogP contribution >= 0.6 is 23.4 Å². The van der Waals surface area contributed by atoms with Gasteiger partial charge in [0, 0.05) is 15.7 Å². The molecule has 0 aliphatic carbocycles. The lowest BCUT2D eigenvalue weighted by Crippen LogP contribution is -2.19. The first-order valence-corrected chi connectivity index (χ1v) is 5.19. The summed E-state index contributed by atoms with van der Waals surface area (Å²) in [6.07, 6.45) is 5.15. The summed E-state index contributed by atoms with van der Waals surface area (Å²) in [5.74, 6) is 3.21. The highest BCUT2D eigenvalue weighted by Crippen LogP contribution is 2.20. The molecule has 1 aromatic carbocycles. The van der Waals surface area contributed by atoms with Gasteiger partial charge in [0.05, 0.1) is 6.04 Å². The van der Waals surface area contributed by atoms with Gasteiger partial charge in [0.15, 0.2) is 0 Å².